The van der Waals surface area contributed by atoms with Crippen LogP contribution in [-0.2, 0) is 11.3 Å². The van der Waals surface area contributed by atoms with Crippen LogP contribution in [0.3, 0.4) is 0 Å². The van der Waals surface area contributed by atoms with Crippen LogP contribution in [0.2, 0.25) is 0 Å². The van der Waals surface area contributed by atoms with E-state index in [0.717, 1.165) is 0 Å². The molecular weight excluding hydrogens is 456 g/mol. The molecule has 0 spiro atoms. The Labute approximate surface area is 200 Å². The zero-order chi connectivity index (χ0) is 25.1. The zero-order valence-electron chi connectivity index (χ0n) is 20.2. The van der Waals surface area contributed by atoms with Crippen LogP contribution in [0.1, 0.15) is 6.42 Å². The van der Waals surface area contributed by atoms with Gasteiger partial charge < -0.3 is 28.1 Å². The maximum Gasteiger partial charge on any atom is 0.269 e. The third-order valence-electron chi connectivity index (χ3n) is 5.66. The lowest BCUT2D eigenvalue weighted by molar-refractivity contribution is 0.190. The van der Waals surface area contributed by atoms with E-state index in [1.165, 1.54) is 33.0 Å². The first-order valence-electron chi connectivity index (χ1n) is 10.8. The molecule has 4 aromatic rings. The first-order chi connectivity index (χ1) is 17.0. The van der Waals surface area contributed by atoms with E-state index in [0.29, 0.717) is 41.6 Å². The average molecular weight is 482 g/mol. The van der Waals surface area contributed by atoms with Crippen molar-refractivity contribution in [1.29, 1.82) is 0 Å². The standard InChI is InChI=1S/C25H26N2O8/c1-30-10-6-9-27-23(14-11-18(32-3)22(34-5)19(12-14)33-4)26-24-20(25(27)29)21(28)16-8-7-15(31-2)13-17(16)35-24/h7-8,11-13H,6,9-10H2,1-5H3. The molecule has 0 aliphatic carbocycles. The third-order valence-corrected chi connectivity index (χ3v) is 5.66. The van der Waals surface area contributed by atoms with E-state index in [-0.39, 0.29) is 34.4 Å². The first-order valence-corrected chi connectivity index (χ1v) is 10.8. The molecule has 2 aromatic carbocycles. The molecule has 0 atom stereocenters. The summed E-state index contributed by atoms with van der Waals surface area (Å²) < 4.78 is 34.1. The number of hydrogen-bond donors (Lipinski definition) is 0. The molecule has 0 saturated carbocycles. The number of nitrogens with zero attached hydrogens (tertiary/aromatic N) is 2. The smallest absolute Gasteiger partial charge is 0.269 e. The van der Waals surface area contributed by atoms with Gasteiger partial charge in [-0.1, -0.05) is 0 Å². The van der Waals surface area contributed by atoms with Gasteiger partial charge in [-0.05, 0) is 30.7 Å². The van der Waals surface area contributed by atoms with Crippen molar-refractivity contribution >= 4 is 22.1 Å². The molecular formula is C25H26N2O8. The number of aromatic nitrogens is 2. The van der Waals surface area contributed by atoms with Crippen LogP contribution in [0.4, 0.5) is 0 Å². The molecule has 2 heterocycles. The summed E-state index contributed by atoms with van der Waals surface area (Å²) in [6.45, 7) is 0.687. The Bertz CT molecular complexity index is 1480. The molecule has 2 aromatic heterocycles. The highest BCUT2D eigenvalue weighted by Gasteiger charge is 2.22. The molecule has 10 nitrogen and oxygen atoms in total. The van der Waals surface area contributed by atoms with Crippen molar-refractivity contribution in [1.82, 2.24) is 9.55 Å². The summed E-state index contributed by atoms with van der Waals surface area (Å²) >= 11 is 0. The van der Waals surface area contributed by atoms with Crippen LogP contribution in [0, 0.1) is 0 Å². The van der Waals surface area contributed by atoms with E-state index in [9.17, 15) is 9.59 Å². The van der Waals surface area contributed by atoms with Gasteiger partial charge in [-0.15, -0.1) is 0 Å². The molecule has 0 saturated heterocycles. The summed E-state index contributed by atoms with van der Waals surface area (Å²) in [4.78, 5) is 31.6. The monoisotopic (exact) mass is 482 g/mol. The lowest BCUT2D eigenvalue weighted by Crippen LogP contribution is -2.28. The fourth-order valence-corrected chi connectivity index (χ4v) is 3.95. The minimum Gasteiger partial charge on any atom is -0.497 e. The van der Waals surface area contributed by atoms with E-state index in [2.05, 4.69) is 4.98 Å². The summed E-state index contributed by atoms with van der Waals surface area (Å²) in [6.07, 6.45) is 0.525. The Morgan fingerprint density at radius 3 is 2.23 bits per heavy atom. The van der Waals surface area contributed by atoms with Crippen LogP contribution in [-0.4, -0.2) is 51.7 Å². The topological polar surface area (TPSA) is 111 Å². The molecule has 0 N–H and O–H groups in total. The number of hydrogen-bond acceptors (Lipinski definition) is 9. The lowest BCUT2D eigenvalue weighted by Gasteiger charge is -2.17. The molecule has 10 heteroatoms. The Balaban J connectivity index is 2.07. The quantitative estimate of drug-likeness (QED) is 0.262. The first kappa shape index (κ1) is 24.1. The van der Waals surface area contributed by atoms with E-state index >= 15 is 0 Å². The average Bonchev–Trinajstić information content (AvgIpc) is 2.88. The summed E-state index contributed by atoms with van der Waals surface area (Å²) in [5, 5.41) is 0.137. The molecule has 0 amide bonds. The van der Waals surface area contributed by atoms with Crippen LogP contribution < -0.4 is 29.9 Å². The van der Waals surface area contributed by atoms with Gasteiger partial charge >= 0.3 is 0 Å². The summed E-state index contributed by atoms with van der Waals surface area (Å²) in [5.74, 6) is 1.98. The van der Waals surface area contributed by atoms with E-state index in [4.69, 9.17) is 28.1 Å². The van der Waals surface area contributed by atoms with Gasteiger partial charge in [0.15, 0.2) is 16.9 Å². The van der Waals surface area contributed by atoms with Crippen LogP contribution >= 0.6 is 0 Å². The Hall–Kier alpha value is -4.05. The highest BCUT2D eigenvalue weighted by Crippen LogP contribution is 2.41. The molecule has 184 valence electrons. The van der Waals surface area contributed by atoms with E-state index < -0.39 is 11.0 Å². The summed E-state index contributed by atoms with van der Waals surface area (Å²) in [5.41, 5.74) is -0.266. The zero-order valence-corrected chi connectivity index (χ0v) is 20.2. The minimum absolute atomic E-state index is 0.0764. The van der Waals surface area contributed by atoms with E-state index in [1.807, 2.05) is 0 Å². The SMILES string of the molecule is COCCCn1c(-c2cc(OC)c(OC)c(OC)c2)nc2oc3cc(OC)ccc3c(=O)c2c1=O. The van der Waals surface area contributed by atoms with Gasteiger partial charge in [-0.2, -0.15) is 4.98 Å². The maximum absolute atomic E-state index is 13.6. The van der Waals surface area contributed by atoms with Crippen molar-refractivity contribution in [2.24, 2.45) is 0 Å². The second-order valence-corrected chi connectivity index (χ2v) is 7.63. The predicted molar refractivity (Wildman–Crippen MR) is 130 cm³/mol. The molecule has 0 fully saturated rings. The normalized spacial score (nSPS) is 11.1. The number of ether oxygens (including phenoxy) is 5. The van der Waals surface area contributed by atoms with Gasteiger partial charge in [0.1, 0.15) is 17.2 Å². The van der Waals surface area contributed by atoms with Crippen LogP contribution in [0.25, 0.3) is 33.5 Å². The molecule has 4 rings (SSSR count). The lowest BCUT2D eigenvalue weighted by atomic mass is 10.1. The third kappa shape index (κ3) is 4.28. The van der Waals surface area contributed by atoms with Gasteiger partial charge in [0.2, 0.25) is 16.9 Å². The highest BCUT2D eigenvalue weighted by molar-refractivity contribution is 5.89. The summed E-state index contributed by atoms with van der Waals surface area (Å²) in [7, 11) is 7.59. The summed E-state index contributed by atoms with van der Waals surface area (Å²) in [6, 6.07) is 8.16. The fourth-order valence-electron chi connectivity index (χ4n) is 3.95. The van der Waals surface area contributed by atoms with Crippen molar-refractivity contribution in [3.8, 4) is 34.4 Å². The van der Waals surface area contributed by atoms with Crippen LogP contribution in [0.5, 0.6) is 23.0 Å². The molecule has 0 aliphatic rings. The molecule has 0 bridgehead atoms. The molecule has 0 unspecified atom stereocenters. The second kappa shape index (κ2) is 10.1. The van der Waals surface area contributed by atoms with Crippen molar-refractivity contribution in [3.05, 3.63) is 50.9 Å². The Morgan fingerprint density at radius 1 is 0.914 bits per heavy atom. The van der Waals surface area contributed by atoms with Crippen molar-refractivity contribution in [3.63, 3.8) is 0 Å². The van der Waals surface area contributed by atoms with Crippen LogP contribution in [0.15, 0.2) is 44.3 Å². The largest absolute Gasteiger partial charge is 0.497 e. The highest BCUT2D eigenvalue weighted by atomic mass is 16.5. The van der Waals surface area contributed by atoms with Crippen molar-refractivity contribution < 1.29 is 28.1 Å². The van der Waals surface area contributed by atoms with Gasteiger partial charge in [0.05, 0.1) is 33.8 Å². The Kier molecular flexibility index (Phi) is 6.92. The molecule has 0 aliphatic heterocycles. The van der Waals surface area contributed by atoms with Gasteiger partial charge in [0.25, 0.3) is 5.56 Å². The number of methoxy groups -OCH3 is 5. The number of rotatable bonds is 9. The number of fused-ring (bicyclic) bond motifs is 2. The molecule has 0 radical (unpaired) electrons. The van der Waals surface area contributed by atoms with Gasteiger partial charge in [-0.3, -0.25) is 14.2 Å². The number of benzene rings is 2. The second-order valence-electron chi connectivity index (χ2n) is 7.63. The predicted octanol–water partition coefficient (Wildman–Crippen LogP) is 3.24. The Morgan fingerprint density at radius 2 is 1.63 bits per heavy atom. The fraction of sp³-hybridized carbons (Fsp3) is 0.320. The molecule has 35 heavy (non-hydrogen) atoms. The van der Waals surface area contributed by atoms with E-state index in [1.54, 1.807) is 37.4 Å². The van der Waals surface area contributed by atoms with Gasteiger partial charge in [-0.25, -0.2) is 0 Å². The van der Waals surface area contributed by atoms with Gasteiger partial charge in [0, 0.05) is 31.9 Å². The minimum atomic E-state index is -0.513. The maximum atomic E-state index is 13.6. The van der Waals surface area contributed by atoms with Crippen molar-refractivity contribution in [2.75, 3.05) is 42.2 Å². The van der Waals surface area contributed by atoms with Crippen molar-refractivity contribution in [2.45, 2.75) is 13.0 Å².